The van der Waals surface area contributed by atoms with Crippen molar-refractivity contribution in [1.82, 2.24) is 4.57 Å². The maximum Gasteiger partial charge on any atom is 0.188 e. The van der Waals surface area contributed by atoms with Gasteiger partial charge in [-0.1, -0.05) is 12.1 Å². The summed E-state index contributed by atoms with van der Waals surface area (Å²) in [6.07, 6.45) is 0.833. The molecule has 0 bridgehead atoms. The summed E-state index contributed by atoms with van der Waals surface area (Å²) in [6, 6.07) is 9.50. The number of carbonyl (C=O) groups excluding carboxylic acids is 1. The molecule has 1 heterocycles. The zero-order valence-corrected chi connectivity index (χ0v) is 16.2. The van der Waals surface area contributed by atoms with Crippen LogP contribution in [0.3, 0.4) is 0 Å². The predicted molar refractivity (Wildman–Crippen MR) is 104 cm³/mol. The maximum absolute atomic E-state index is 11.8. The second-order valence-electron chi connectivity index (χ2n) is 6.15. The second-order valence-corrected chi connectivity index (χ2v) is 6.15. The van der Waals surface area contributed by atoms with Gasteiger partial charge in [0, 0.05) is 25.3 Å². The normalized spacial score (nSPS) is 10.9. The molecule has 0 fully saturated rings. The van der Waals surface area contributed by atoms with Crippen molar-refractivity contribution in [2.75, 3.05) is 28.1 Å². The molecule has 1 aromatic heterocycles. The number of hydrogen-bond acceptors (Lipinski definition) is 5. The summed E-state index contributed by atoms with van der Waals surface area (Å²) < 4.78 is 23.7. The molecule has 6 heteroatoms. The molecule has 0 radical (unpaired) electrons. The van der Waals surface area contributed by atoms with E-state index in [2.05, 4.69) is 0 Å². The highest BCUT2D eigenvalue weighted by Gasteiger charge is 2.23. The van der Waals surface area contributed by atoms with Gasteiger partial charge in [-0.3, -0.25) is 4.79 Å². The lowest BCUT2D eigenvalue weighted by atomic mass is 10.0. The molecular weight excluding hydrogens is 346 g/mol. The summed E-state index contributed by atoms with van der Waals surface area (Å²) in [5.74, 6) is 1.82. The summed E-state index contributed by atoms with van der Waals surface area (Å²) in [7, 11) is 6.68. The summed E-state index contributed by atoms with van der Waals surface area (Å²) >= 11 is 0. The Morgan fingerprint density at radius 3 is 2.52 bits per heavy atom. The van der Waals surface area contributed by atoms with Crippen LogP contribution in [0.4, 0.5) is 0 Å². The van der Waals surface area contributed by atoms with Crippen LogP contribution in [-0.2, 0) is 11.8 Å². The van der Waals surface area contributed by atoms with Crippen molar-refractivity contribution < 1.29 is 23.7 Å². The molecule has 2 aromatic carbocycles. The molecular formula is C21H23NO5. The van der Waals surface area contributed by atoms with E-state index in [1.807, 2.05) is 42.8 Å². The predicted octanol–water partition coefficient (Wildman–Crippen LogP) is 3.97. The van der Waals surface area contributed by atoms with Crippen molar-refractivity contribution >= 4 is 17.2 Å². The molecule has 6 nitrogen and oxygen atoms in total. The average Bonchev–Trinajstić information content (AvgIpc) is 2.96. The largest absolute Gasteiger partial charge is 0.497 e. The van der Waals surface area contributed by atoms with Crippen LogP contribution in [-0.4, -0.2) is 39.0 Å². The number of hydrogen-bond donors (Lipinski definition) is 0. The minimum atomic E-state index is 0.0781. The lowest BCUT2D eigenvalue weighted by Crippen LogP contribution is -2.03. The van der Waals surface area contributed by atoms with Gasteiger partial charge in [0.05, 0.1) is 30.8 Å². The molecule has 0 N–H and O–H groups in total. The van der Waals surface area contributed by atoms with Gasteiger partial charge in [-0.05, 0) is 30.7 Å². The van der Waals surface area contributed by atoms with Crippen molar-refractivity contribution in [3.8, 4) is 28.5 Å². The first-order valence-electron chi connectivity index (χ1n) is 8.48. The Morgan fingerprint density at radius 2 is 1.89 bits per heavy atom. The Bertz CT molecular complexity index is 990. The molecule has 0 aliphatic heterocycles. The molecule has 0 spiro atoms. The number of carbonyl (C=O) groups is 1. The standard InChI is InChI=1S/C21H23NO5/c1-13-18-20(15(11-23)10-17(26-5)21(18)27-12-24-3)22(2)19(13)14-7-6-8-16(9-14)25-4/h6-11H,12H2,1-5H3. The van der Waals surface area contributed by atoms with Crippen LogP contribution in [0.5, 0.6) is 17.2 Å². The average molecular weight is 369 g/mol. The monoisotopic (exact) mass is 369 g/mol. The van der Waals surface area contributed by atoms with Crippen LogP contribution < -0.4 is 14.2 Å². The Hall–Kier alpha value is -2.99. The Kier molecular flexibility index (Phi) is 5.37. The Labute approximate surface area is 158 Å². The lowest BCUT2D eigenvalue weighted by Gasteiger charge is -2.13. The summed E-state index contributed by atoms with van der Waals surface area (Å²) in [5.41, 5.74) is 4.26. The topological polar surface area (TPSA) is 58.9 Å². The number of aromatic nitrogens is 1. The summed E-state index contributed by atoms with van der Waals surface area (Å²) in [5, 5.41) is 0.828. The van der Waals surface area contributed by atoms with E-state index in [1.165, 1.54) is 0 Å². The van der Waals surface area contributed by atoms with Gasteiger partial charge in [0.15, 0.2) is 24.6 Å². The first kappa shape index (κ1) is 18.8. The first-order chi connectivity index (χ1) is 13.1. The number of benzene rings is 2. The highest BCUT2D eigenvalue weighted by Crippen LogP contribution is 2.44. The number of ether oxygens (including phenoxy) is 4. The molecule has 0 amide bonds. The Morgan fingerprint density at radius 1 is 1.11 bits per heavy atom. The molecule has 27 heavy (non-hydrogen) atoms. The molecule has 0 saturated carbocycles. The van der Waals surface area contributed by atoms with Gasteiger partial charge in [0.25, 0.3) is 0 Å². The molecule has 3 aromatic rings. The third-order valence-corrected chi connectivity index (χ3v) is 4.66. The first-order valence-corrected chi connectivity index (χ1v) is 8.48. The third kappa shape index (κ3) is 3.13. The van der Waals surface area contributed by atoms with E-state index in [1.54, 1.807) is 27.4 Å². The maximum atomic E-state index is 11.8. The van der Waals surface area contributed by atoms with E-state index in [0.29, 0.717) is 17.1 Å². The van der Waals surface area contributed by atoms with E-state index in [4.69, 9.17) is 18.9 Å². The molecule has 0 aliphatic rings. The quantitative estimate of drug-likeness (QED) is 0.466. The minimum Gasteiger partial charge on any atom is -0.497 e. The van der Waals surface area contributed by atoms with Gasteiger partial charge in [-0.15, -0.1) is 0 Å². The van der Waals surface area contributed by atoms with Gasteiger partial charge in [0.2, 0.25) is 0 Å². The zero-order chi connectivity index (χ0) is 19.6. The molecule has 0 saturated heterocycles. The van der Waals surface area contributed by atoms with E-state index >= 15 is 0 Å². The van der Waals surface area contributed by atoms with Crippen molar-refractivity contribution in [2.45, 2.75) is 6.92 Å². The van der Waals surface area contributed by atoms with Gasteiger partial charge in [-0.2, -0.15) is 0 Å². The number of aryl methyl sites for hydroxylation is 2. The number of fused-ring (bicyclic) bond motifs is 1. The van der Waals surface area contributed by atoms with E-state index in [9.17, 15) is 4.79 Å². The number of aldehydes is 1. The summed E-state index contributed by atoms with van der Waals surface area (Å²) in [6.45, 7) is 2.08. The van der Waals surface area contributed by atoms with Gasteiger partial charge in [0.1, 0.15) is 5.75 Å². The van der Waals surface area contributed by atoms with E-state index in [0.717, 1.165) is 39.8 Å². The molecule has 3 rings (SSSR count). The zero-order valence-electron chi connectivity index (χ0n) is 16.2. The van der Waals surface area contributed by atoms with Crippen LogP contribution in [0.25, 0.3) is 22.2 Å². The van der Waals surface area contributed by atoms with Crippen LogP contribution >= 0.6 is 0 Å². The van der Waals surface area contributed by atoms with E-state index < -0.39 is 0 Å². The molecule has 0 aliphatic carbocycles. The van der Waals surface area contributed by atoms with Gasteiger partial charge >= 0.3 is 0 Å². The smallest absolute Gasteiger partial charge is 0.188 e. The number of nitrogens with zero attached hydrogens (tertiary/aromatic N) is 1. The molecule has 142 valence electrons. The van der Waals surface area contributed by atoms with Crippen LogP contribution in [0, 0.1) is 6.92 Å². The van der Waals surface area contributed by atoms with Crippen molar-refractivity contribution in [3.63, 3.8) is 0 Å². The number of rotatable bonds is 7. The highest BCUT2D eigenvalue weighted by atomic mass is 16.7. The molecule has 0 unspecified atom stereocenters. The third-order valence-electron chi connectivity index (χ3n) is 4.66. The van der Waals surface area contributed by atoms with Crippen LogP contribution in [0.15, 0.2) is 30.3 Å². The fraction of sp³-hybridized carbons (Fsp3) is 0.286. The fourth-order valence-electron chi connectivity index (χ4n) is 3.52. The van der Waals surface area contributed by atoms with Gasteiger partial charge < -0.3 is 23.5 Å². The van der Waals surface area contributed by atoms with Crippen molar-refractivity contribution in [2.24, 2.45) is 7.05 Å². The minimum absolute atomic E-state index is 0.0781. The van der Waals surface area contributed by atoms with Crippen LogP contribution in [0.1, 0.15) is 15.9 Å². The van der Waals surface area contributed by atoms with Crippen molar-refractivity contribution in [1.29, 1.82) is 0 Å². The van der Waals surface area contributed by atoms with Gasteiger partial charge in [-0.25, -0.2) is 0 Å². The lowest BCUT2D eigenvalue weighted by molar-refractivity contribution is 0.0503. The number of methoxy groups -OCH3 is 3. The van der Waals surface area contributed by atoms with Crippen molar-refractivity contribution in [3.05, 3.63) is 41.5 Å². The Balaban J connectivity index is 2.39. The fourth-order valence-corrected chi connectivity index (χ4v) is 3.52. The summed E-state index contributed by atoms with van der Waals surface area (Å²) in [4.78, 5) is 11.8. The van der Waals surface area contributed by atoms with E-state index in [-0.39, 0.29) is 6.79 Å². The SMILES string of the molecule is COCOc1c(OC)cc(C=O)c2c1c(C)c(-c1cccc(OC)c1)n2C. The molecule has 0 atom stereocenters. The van der Waals surface area contributed by atoms with Crippen LogP contribution in [0.2, 0.25) is 0 Å². The second kappa shape index (κ2) is 7.72. The highest BCUT2D eigenvalue weighted by molar-refractivity contribution is 6.06.